The van der Waals surface area contributed by atoms with E-state index in [-0.39, 0.29) is 5.60 Å². The molecule has 0 radical (unpaired) electrons. The van der Waals surface area contributed by atoms with Crippen LogP contribution in [-0.2, 0) is 9.47 Å². The Balaban J connectivity index is 1.75. The number of piperidine rings is 1. The van der Waals surface area contributed by atoms with E-state index in [2.05, 4.69) is 5.32 Å². The fourth-order valence-electron chi connectivity index (χ4n) is 3.14. The van der Waals surface area contributed by atoms with Gasteiger partial charge in [0.2, 0.25) is 0 Å². The van der Waals surface area contributed by atoms with E-state index in [4.69, 9.17) is 9.47 Å². The van der Waals surface area contributed by atoms with Gasteiger partial charge in [-0.2, -0.15) is 0 Å². The van der Waals surface area contributed by atoms with Gasteiger partial charge >= 0.3 is 0 Å². The summed E-state index contributed by atoms with van der Waals surface area (Å²) < 4.78 is 11.5. The summed E-state index contributed by atoms with van der Waals surface area (Å²) in [5.74, 6) is 0. The van der Waals surface area contributed by atoms with Crippen molar-refractivity contribution in [2.45, 2.75) is 37.7 Å². The lowest BCUT2D eigenvalue weighted by molar-refractivity contribution is -0.0639. The molecule has 1 N–H and O–H groups in total. The van der Waals surface area contributed by atoms with E-state index in [0.717, 1.165) is 52.2 Å². The summed E-state index contributed by atoms with van der Waals surface area (Å²) in [6, 6.07) is 0. The number of nitrogens with one attached hydrogen (secondary N) is 1. The second-order valence-electron chi connectivity index (χ2n) is 5.22. The van der Waals surface area contributed by atoms with Crippen LogP contribution >= 0.6 is 0 Å². The maximum absolute atomic E-state index is 5.97. The molecule has 3 fully saturated rings. The van der Waals surface area contributed by atoms with Crippen molar-refractivity contribution < 1.29 is 9.47 Å². The van der Waals surface area contributed by atoms with E-state index < -0.39 is 0 Å². The molecule has 3 aliphatic heterocycles. The zero-order chi connectivity index (χ0) is 10.8. The van der Waals surface area contributed by atoms with Crippen LogP contribution in [0.15, 0.2) is 11.1 Å². The first-order chi connectivity index (χ1) is 7.88. The largest absolute Gasteiger partial charge is 0.378 e. The van der Waals surface area contributed by atoms with Gasteiger partial charge in [0.25, 0.3) is 0 Å². The Hall–Kier alpha value is -0.380. The van der Waals surface area contributed by atoms with Crippen LogP contribution in [0.3, 0.4) is 0 Å². The van der Waals surface area contributed by atoms with Crippen LogP contribution in [-0.4, -0.2) is 38.5 Å². The molecule has 0 bridgehead atoms. The monoisotopic (exact) mass is 223 g/mol. The smallest absolute Gasteiger partial charge is 0.0973 e. The average molecular weight is 223 g/mol. The normalized spacial score (nSPS) is 36.0. The molecule has 0 amide bonds. The number of hydrogen-bond donors (Lipinski definition) is 1. The van der Waals surface area contributed by atoms with Gasteiger partial charge in [-0.15, -0.1) is 0 Å². The van der Waals surface area contributed by atoms with E-state index >= 15 is 0 Å². The Morgan fingerprint density at radius 1 is 1.00 bits per heavy atom. The van der Waals surface area contributed by atoms with Crippen LogP contribution in [0.2, 0.25) is 0 Å². The van der Waals surface area contributed by atoms with Gasteiger partial charge < -0.3 is 14.8 Å². The highest BCUT2D eigenvalue weighted by molar-refractivity contribution is 5.21. The van der Waals surface area contributed by atoms with E-state index in [9.17, 15) is 0 Å². The highest BCUT2D eigenvalue weighted by Gasteiger charge is 2.39. The summed E-state index contributed by atoms with van der Waals surface area (Å²) in [6.45, 7) is 4.90. The first kappa shape index (κ1) is 10.8. The van der Waals surface area contributed by atoms with Crippen LogP contribution in [0.5, 0.6) is 0 Å². The molecule has 3 nitrogen and oxygen atoms in total. The Labute approximate surface area is 97.2 Å². The zero-order valence-corrected chi connectivity index (χ0v) is 9.89. The van der Waals surface area contributed by atoms with E-state index in [1.807, 2.05) is 0 Å². The molecule has 1 spiro atoms. The third-order valence-electron chi connectivity index (χ3n) is 4.12. The Bertz CT molecular complexity index is 284. The molecule has 1 atom stereocenters. The summed E-state index contributed by atoms with van der Waals surface area (Å²) >= 11 is 0. The molecule has 0 saturated carbocycles. The van der Waals surface area contributed by atoms with Crippen LogP contribution in [0.1, 0.15) is 32.1 Å². The molecule has 0 aromatic heterocycles. The minimum absolute atomic E-state index is 0.0471. The lowest BCUT2D eigenvalue weighted by Gasteiger charge is -2.35. The third kappa shape index (κ3) is 2.04. The van der Waals surface area contributed by atoms with Gasteiger partial charge in [0, 0.05) is 19.4 Å². The highest BCUT2D eigenvalue weighted by atomic mass is 16.6. The molecule has 1 unspecified atom stereocenters. The summed E-state index contributed by atoms with van der Waals surface area (Å²) in [4.78, 5) is 0. The van der Waals surface area contributed by atoms with Gasteiger partial charge in [-0.25, -0.2) is 0 Å². The topological polar surface area (TPSA) is 30.5 Å². The predicted octanol–water partition coefficient (Wildman–Crippen LogP) is 1.64. The second kappa shape index (κ2) is 4.47. The SMILES string of the molecule is C1CC(=C2CCOC3(CCOC3)C2)CCN1. The molecule has 0 aromatic carbocycles. The molecule has 0 aromatic rings. The molecule has 3 rings (SSSR count). The first-order valence-electron chi connectivity index (χ1n) is 6.50. The van der Waals surface area contributed by atoms with Crippen LogP contribution in [0.25, 0.3) is 0 Å². The standard InChI is InChI=1S/C13H21NO2/c1-5-14-6-2-11(1)12-3-7-16-13(9-12)4-8-15-10-13/h14H,1-10H2. The van der Waals surface area contributed by atoms with Crippen molar-refractivity contribution in [3.05, 3.63) is 11.1 Å². The molecule has 3 heterocycles. The molecule has 3 heteroatoms. The highest BCUT2D eigenvalue weighted by Crippen LogP contribution is 2.37. The van der Waals surface area contributed by atoms with Crippen molar-refractivity contribution in [2.24, 2.45) is 0 Å². The molecule has 3 saturated heterocycles. The average Bonchev–Trinajstić information content (AvgIpc) is 2.78. The molecule has 0 aliphatic carbocycles. The van der Waals surface area contributed by atoms with Gasteiger partial charge in [0.05, 0.1) is 18.8 Å². The van der Waals surface area contributed by atoms with Gasteiger partial charge in [0.15, 0.2) is 0 Å². The van der Waals surface area contributed by atoms with E-state index in [0.29, 0.717) is 0 Å². The lowest BCUT2D eigenvalue weighted by atomic mass is 9.84. The van der Waals surface area contributed by atoms with Crippen LogP contribution in [0.4, 0.5) is 0 Å². The summed E-state index contributed by atoms with van der Waals surface area (Å²) in [6.07, 6.45) is 5.85. The molecule has 90 valence electrons. The second-order valence-corrected chi connectivity index (χ2v) is 5.22. The van der Waals surface area contributed by atoms with Gasteiger partial charge in [-0.1, -0.05) is 11.1 Å². The van der Waals surface area contributed by atoms with Crippen molar-refractivity contribution in [3.63, 3.8) is 0 Å². The van der Waals surface area contributed by atoms with Gasteiger partial charge in [-0.3, -0.25) is 0 Å². The Kier molecular flexibility index (Phi) is 3.01. The maximum Gasteiger partial charge on any atom is 0.0973 e. The zero-order valence-electron chi connectivity index (χ0n) is 9.89. The molecular formula is C13H21NO2. The molecule has 3 aliphatic rings. The summed E-state index contributed by atoms with van der Waals surface area (Å²) in [7, 11) is 0. The maximum atomic E-state index is 5.97. The Morgan fingerprint density at radius 2 is 1.88 bits per heavy atom. The molecular weight excluding hydrogens is 202 g/mol. The fraction of sp³-hybridized carbons (Fsp3) is 0.846. The predicted molar refractivity (Wildman–Crippen MR) is 62.5 cm³/mol. The summed E-state index contributed by atoms with van der Waals surface area (Å²) in [5.41, 5.74) is 3.43. The van der Waals surface area contributed by atoms with Crippen LogP contribution < -0.4 is 5.32 Å². The van der Waals surface area contributed by atoms with Crippen molar-refractivity contribution in [1.29, 1.82) is 0 Å². The number of rotatable bonds is 0. The van der Waals surface area contributed by atoms with Crippen molar-refractivity contribution in [1.82, 2.24) is 5.32 Å². The van der Waals surface area contributed by atoms with Gasteiger partial charge in [-0.05, 0) is 32.4 Å². The first-order valence-corrected chi connectivity index (χ1v) is 6.50. The number of ether oxygens (including phenoxy) is 2. The van der Waals surface area contributed by atoms with E-state index in [1.165, 1.54) is 12.8 Å². The van der Waals surface area contributed by atoms with E-state index in [1.54, 1.807) is 11.1 Å². The lowest BCUT2D eigenvalue weighted by Crippen LogP contribution is -2.38. The van der Waals surface area contributed by atoms with Crippen LogP contribution in [0, 0.1) is 0 Å². The number of hydrogen-bond acceptors (Lipinski definition) is 3. The third-order valence-corrected chi connectivity index (χ3v) is 4.12. The van der Waals surface area contributed by atoms with Gasteiger partial charge in [0.1, 0.15) is 0 Å². The van der Waals surface area contributed by atoms with Crippen molar-refractivity contribution in [2.75, 3.05) is 32.9 Å². The summed E-state index contributed by atoms with van der Waals surface area (Å²) in [5, 5.41) is 3.42. The minimum atomic E-state index is 0.0471. The fourth-order valence-corrected chi connectivity index (χ4v) is 3.14. The Morgan fingerprint density at radius 3 is 2.62 bits per heavy atom. The molecule has 16 heavy (non-hydrogen) atoms. The van der Waals surface area contributed by atoms with Crippen molar-refractivity contribution in [3.8, 4) is 0 Å². The minimum Gasteiger partial charge on any atom is -0.378 e. The quantitative estimate of drug-likeness (QED) is 0.633. The van der Waals surface area contributed by atoms with Crippen molar-refractivity contribution >= 4 is 0 Å².